The van der Waals surface area contributed by atoms with Crippen molar-refractivity contribution in [3.63, 3.8) is 0 Å². The quantitative estimate of drug-likeness (QED) is 0.894. The molecule has 5 heteroatoms. The normalized spacial score (nSPS) is 20.4. The number of hydrogen-bond acceptors (Lipinski definition) is 2. The Labute approximate surface area is 123 Å². The second-order valence-corrected chi connectivity index (χ2v) is 5.84. The van der Waals surface area contributed by atoms with E-state index in [9.17, 15) is 9.18 Å². The average molecular weight is 299 g/mol. The molecule has 1 aromatic rings. The summed E-state index contributed by atoms with van der Waals surface area (Å²) in [6, 6.07) is 4.37. The molecule has 1 amide bonds. The second-order valence-electron chi connectivity index (χ2n) is 5.43. The summed E-state index contributed by atoms with van der Waals surface area (Å²) in [6.45, 7) is 4.08. The maximum absolute atomic E-state index is 13.6. The number of carbonyl (C=O) groups is 1. The fourth-order valence-corrected chi connectivity index (χ4v) is 2.84. The summed E-state index contributed by atoms with van der Waals surface area (Å²) in [6.07, 6.45) is 2.68. The molecule has 20 heavy (non-hydrogen) atoms. The third-order valence-corrected chi connectivity index (χ3v) is 4.19. The third-order valence-electron chi connectivity index (χ3n) is 3.87. The zero-order chi connectivity index (χ0) is 14.5. The Morgan fingerprint density at radius 2 is 2.40 bits per heavy atom. The minimum Gasteiger partial charge on any atom is -0.322 e. The van der Waals surface area contributed by atoms with Crippen LogP contribution < -0.4 is 10.6 Å². The van der Waals surface area contributed by atoms with Gasteiger partial charge in [0.05, 0.1) is 10.7 Å². The predicted molar refractivity (Wildman–Crippen MR) is 79.4 cm³/mol. The van der Waals surface area contributed by atoms with E-state index in [0.717, 1.165) is 25.9 Å². The third kappa shape index (κ3) is 3.93. The Hall–Kier alpha value is -1.13. The van der Waals surface area contributed by atoms with Crippen molar-refractivity contribution in [2.45, 2.75) is 26.2 Å². The molecule has 0 aliphatic carbocycles. The van der Waals surface area contributed by atoms with Crippen molar-refractivity contribution >= 4 is 23.2 Å². The van der Waals surface area contributed by atoms with E-state index in [2.05, 4.69) is 17.6 Å². The first kappa shape index (κ1) is 15.3. The molecular formula is C15H20ClFN2O. The second kappa shape index (κ2) is 7.04. The number of para-hydroxylation sites is 1. The van der Waals surface area contributed by atoms with Gasteiger partial charge in [-0.15, -0.1) is 0 Å². The molecule has 1 fully saturated rings. The lowest BCUT2D eigenvalue weighted by atomic mass is 9.85. The molecule has 2 atom stereocenters. The van der Waals surface area contributed by atoms with Gasteiger partial charge in [0.25, 0.3) is 0 Å². The maximum atomic E-state index is 13.6. The molecule has 0 bridgehead atoms. The molecule has 1 aliphatic heterocycles. The maximum Gasteiger partial charge on any atom is 0.224 e. The standard InChI is InChI=1S/C15H20ClFN2O/c1-10(11-4-3-7-18-9-11)8-14(20)19-15-12(16)5-2-6-13(15)17/h2,5-6,10-11,18H,3-4,7-9H2,1H3,(H,19,20). The summed E-state index contributed by atoms with van der Waals surface area (Å²) in [7, 11) is 0. The van der Waals surface area contributed by atoms with Crippen molar-refractivity contribution in [2.75, 3.05) is 18.4 Å². The predicted octanol–water partition coefficient (Wildman–Crippen LogP) is 3.44. The molecular weight excluding hydrogens is 279 g/mol. The monoisotopic (exact) mass is 298 g/mol. The SMILES string of the molecule is CC(CC(=O)Nc1c(F)cccc1Cl)C1CCCNC1. The Morgan fingerprint density at radius 1 is 1.60 bits per heavy atom. The van der Waals surface area contributed by atoms with E-state index in [-0.39, 0.29) is 22.5 Å². The smallest absolute Gasteiger partial charge is 0.224 e. The molecule has 1 saturated heterocycles. The van der Waals surface area contributed by atoms with Gasteiger partial charge in [-0.05, 0) is 49.9 Å². The number of rotatable bonds is 4. The molecule has 1 aromatic carbocycles. The average Bonchev–Trinajstić information content (AvgIpc) is 2.44. The van der Waals surface area contributed by atoms with Crippen LogP contribution in [0.4, 0.5) is 10.1 Å². The zero-order valence-electron chi connectivity index (χ0n) is 11.6. The van der Waals surface area contributed by atoms with Gasteiger partial charge in [0.1, 0.15) is 5.82 Å². The van der Waals surface area contributed by atoms with Crippen LogP contribution in [-0.4, -0.2) is 19.0 Å². The van der Waals surface area contributed by atoms with Crippen LogP contribution in [-0.2, 0) is 4.79 Å². The van der Waals surface area contributed by atoms with Crippen molar-refractivity contribution in [3.05, 3.63) is 29.0 Å². The van der Waals surface area contributed by atoms with Crippen molar-refractivity contribution < 1.29 is 9.18 Å². The fourth-order valence-electron chi connectivity index (χ4n) is 2.63. The summed E-state index contributed by atoms with van der Waals surface area (Å²) < 4.78 is 13.6. The number of piperidine rings is 1. The zero-order valence-corrected chi connectivity index (χ0v) is 12.3. The first-order valence-electron chi connectivity index (χ1n) is 7.02. The van der Waals surface area contributed by atoms with E-state index in [1.165, 1.54) is 12.1 Å². The topological polar surface area (TPSA) is 41.1 Å². The number of anilines is 1. The first-order chi connectivity index (χ1) is 9.58. The molecule has 1 heterocycles. The molecule has 3 nitrogen and oxygen atoms in total. The number of hydrogen-bond donors (Lipinski definition) is 2. The van der Waals surface area contributed by atoms with Crippen LogP contribution in [0.3, 0.4) is 0 Å². The van der Waals surface area contributed by atoms with Crippen LogP contribution in [0.1, 0.15) is 26.2 Å². The lowest BCUT2D eigenvalue weighted by molar-refractivity contribution is -0.117. The molecule has 0 aromatic heterocycles. The van der Waals surface area contributed by atoms with Gasteiger partial charge in [-0.2, -0.15) is 0 Å². The highest BCUT2D eigenvalue weighted by molar-refractivity contribution is 6.33. The lowest BCUT2D eigenvalue weighted by Crippen LogP contribution is -2.34. The number of amides is 1. The van der Waals surface area contributed by atoms with Crippen molar-refractivity contribution in [3.8, 4) is 0 Å². The van der Waals surface area contributed by atoms with Crippen LogP contribution in [0, 0.1) is 17.7 Å². The number of nitrogens with one attached hydrogen (secondary N) is 2. The van der Waals surface area contributed by atoms with Gasteiger partial charge in [0, 0.05) is 6.42 Å². The molecule has 2 unspecified atom stereocenters. The summed E-state index contributed by atoms with van der Waals surface area (Å²) in [5.41, 5.74) is 0.0770. The molecule has 2 rings (SSSR count). The van der Waals surface area contributed by atoms with Gasteiger partial charge in [-0.25, -0.2) is 4.39 Å². The highest BCUT2D eigenvalue weighted by atomic mass is 35.5. The minimum atomic E-state index is -0.502. The Morgan fingerprint density at radius 3 is 3.05 bits per heavy atom. The largest absolute Gasteiger partial charge is 0.322 e. The summed E-state index contributed by atoms with van der Waals surface area (Å²) in [5, 5.41) is 6.15. The molecule has 0 spiro atoms. The summed E-state index contributed by atoms with van der Waals surface area (Å²) >= 11 is 5.89. The Balaban J connectivity index is 1.91. The molecule has 1 aliphatic rings. The minimum absolute atomic E-state index is 0.0770. The molecule has 0 radical (unpaired) electrons. The Kier molecular flexibility index (Phi) is 5.38. The molecule has 2 N–H and O–H groups in total. The lowest BCUT2D eigenvalue weighted by Gasteiger charge is -2.28. The van der Waals surface area contributed by atoms with Crippen molar-refractivity contribution in [1.82, 2.24) is 5.32 Å². The number of halogens is 2. The van der Waals surface area contributed by atoms with Gasteiger partial charge in [0.2, 0.25) is 5.91 Å². The Bertz CT molecular complexity index is 455. The van der Waals surface area contributed by atoms with E-state index in [0.29, 0.717) is 12.3 Å². The van der Waals surface area contributed by atoms with Crippen molar-refractivity contribution in [2.24, 2.45) is 11.8 Å². The number of benzene rings is 1. The first-order valence-corrected chi connectivity index (χ1v) is 7.40. The van der Waals surface area contributed by atoms with Gasteiger partial charge < -0.3 is 10.6 Å². The van der Waals surface area contributed by atoms with Crippen LogP contribution >= 0.6 is 11.6 Å². The van der Waals surface area contributed by atoms with Gasteiger partial charge in [0.15, 0.2) is 0 Å². The summed E-state index contributed by atoms with van der Waals surface area (Å²) in [5.74, 6) is 0.0897. The summed E-state index contributed by atoms with van der Waals surface area (Å²) in [4.78, 5) is 12.0. The van der Waals surface area contributed by atoms with E-state index < -0.39 is 5.82 Å². The van der Waals surface area contributed by atoms with Gasteiger partial charge in [-0.3, -0.25) is 4.79 Å². The van der Waals surface area contributed by atoms with E-state index >= 15 is 0 Å². The van der Waals surface area contributed by atoms with Gasteiger partial charge >= 0.3 is 0 Å². The number of carbonyl (C=O) groups excluding carboxylic acids is 1. The van der Waals surface area contributed by atoms with Crippen LogP contribution in [0.2, 0.25) is 5.02 Å². The highest BCUT2D eigenvalue weighted by Crippen LogP contribution is 2.26. The van der Waals surface area contributed by atoms with Crippen molar-refractivity contribution in [1.29, 1.82) is 0 Å². The fraction of sp³-hybridized carbons (Fsp3) is 0.533. The van der Waals surface area contributed by atoms with Crippen LogP contribution in [0.15, 0.2) is 18.2 Å². The van der Waals surface area contributed by atoms with Crippen LogP contribution in [0.25, 0.3) is 0 Å². The molecule has 0 saturated carbocycles. The van der Waals surface area contributed by atoms with E-state index in [1.807, 2.05) is 0 Å². The van der Waals surface area contributed by atoms with E-state index in [1.54, 1.807) is 6.07 Å². The molecule has 110 valence electrons. The van der Waals surface area contributed by atoms with E-state index in [4.69, 9.17) is 11.6 Å². The highest BCUT2D eigenvalue weighted by Gasteiger charge is 2.22. The van der Waals surface area contributed by atoms with Gasteiger partial charge in [-0.1, -0.05) is 24.6 Å². The van der Waals surface area contributed by atoms with Crippen LogP contribution in [0.5, 0.6) is 0 Å².